The summed E-state index contributed by atoms with van der Waals surface area (Å²) >= 11 is 5.90. The number of urea groups is 1. The molecule has 0 saturated heterocycles. The normalized spacial score (nSPS) is 9.64. The van der Waals surface area contributed by atoms with E-state index in [2.05, 4.69) is 10.6 Å². The maximum absolute atomic E-state index is 11.2. The number of carbonyl (C=O) groups is 1. The minimum atomic E-state index is -0.236. The standard InChI is InChI=1S/C10H13ClN2O/c1-3-12-10(14)13-9-6-7(2)4-5-8(9)11/h4-6H,3H2,1-2H3,(H2,12,13,14). The van der Waals surface area contributed by atoms with E-state index in [0.717, 1.165) is 5.56 Å². The van der Waals surface area contributed by atoms with Gasteiger partial charge in [0.25, 0.3) is 0 Å². The molecule has 0 aromatic heterocycles. The number of hydrogen-bond acceptors (Lipinski definition) is 1. The predicted octanol–water partition coefficient (Wildman–Crippen LogP) is 2.79. The van der Waals surface area contributed by atoms with Crippen molar-refractivity contribution in [2.75, 3.05) is 11.9 Å². The lowest BCUT2D eigenvalue weighted by Crippen LogP contribution is -2.28. The summed E-state index contributed by atoms with van der Waals surface area (Å²) in [6.07, 6.45) is 0. The molecule has 1 aromatic rings. The van der Waals surface area contributed by atoms with Gasteiger partial charge < -0.3 is 10.6 Å². The number of carbonyl (C=O) groups excluding carboxylic acids is 1. The van der Waals surface area contributed by atoms with Crippen LogP contribution in [0.1, 0.15) is 12.5 Å². The predicted molar refractivity (Wildman–Crippen MR) is 58.9 cm³/mol. The van der Waals surface area contributed by atoms with Gasteiger partial charge in [-0.2, -0.15) is 0 Å². The number of hydrogen-bond donors (Lipinski definition) is 2. The molecule has 0 radical (unpaired) electrons. The van der Waals surface area contributed by atoms with Crippen molar-refractivity contribution < 1.29 is 4.79 Å². The molecule has 1 aromatic carbocycles. The molecule has 2 amide bonds. The summed E-state index contributed by atoms with van der Waals surface area (Å²) in [6.45, 7) is 4.39. The van der Waals surface area contributed by atoms with Gasteiger partial charge in [0.1, 0.15) is 0 Å². The Morgan fingerprint density at radius 2 is 2.21 bits per heavy atom. The van der Waals surface area contributed by atoms with E-state index >= 15 is 0 Å². The largest absolute Gasteiger partial charge is 0.338 e. The number of amides is 2. The third kappa shape index (κ3) is 2.92. The Kier molecular flexibility index (Phi) is 3.77. The zero-order valence-electron chi connectivity index (χ0n) is 8.23. The zero-order chi connectivity index (χ0) is 10.6. The number of benzene rings is 1. The van der Waals surface area contributed by atoms with Gasteiger partial charge in [-0.25, -0.2) is 4.79 Å². The van der Waals surface area contributed by atoms with Crippen molar-refractivity contribution in [2.45, 2.75) is 13.8 Å². The average Bonchev–Trinajstić information content (AvgIpc) is 2.12. The Balaban J connectivity index is 2.75. The molecule has 0 atom stereocenters. The topological polar surface area (TPSA) is 41.1 Å². The van der Waals surface area contributed by atoms with E-state index in [9.17, 15) is 4.79 Å². The van der Waals surface area contributed by atoms with E-state index in [1.807, 2.05) is 26.0 Å². The molecule has 14 heavy (non-hydrogen) atoms. The number of nitrogens with one attached hydrogen (secondary N) is 2. The molecule has 4 heteroatoms. The van der Waals surface area contributed by atoms with Gasteiger partial charge in [0, 0.05) is 6.54 Å². The minimum Gasteiger partial charge on any atom is -0.338 e. The van der Waals surface area contributed by atoms with Crippen LogP contribution < -0.4 is 10.6 Å². The highest BCUT2D eigenvalue weighted by molar-refractivity contribution is 6.33. The van der Waals surface area contributed by atoms with E-state index in [1.165, 1.54) is 0 Å². The summed E-state index contributed by atoms with van der Waals surface area (Å²) in [5, 5.41) is 5.85. The Labute approximate surface area is 88.5 Å². The SMILES string of the molecule is CCNC(=O)Nc1cc(C)ccc1Cl. The molecular formula is C10H13ClN2O. The van der Waals surface area contributed by atoms with E-state index in [-0.39, 0.29) is 6.03 Å². The first-order chi connectivity index (χ1) is 6.63. The molecule has 0 aliphatic carbocycles. The monoisotopic (exact) mass is 212 g/mol. The van der Waals surface area contributed by atoms with Gasteiger partial charge >= 0.3 is 6.03 Å². The molecule has 0 fully saturated rings. The summed E-state index contributed by atoms with van der Waals surface area (Å²) in [7, 11) is 0. The van der Waals surface area contributed by atoms with Crippen molar-refractivity contribution >= 4 is 23.3 Å². The van der Waals surface area contributed by atoms with E-state index in [1.54, 1.807) is 6.07 Å². The molecule has 0 unspecified atom stereocenters. The zero-order valence-corrected chi connectivity index (χ0v) is 8.98. The van der Waals surface area contributed by atoms with Crippen LogP contribution >= 0.6 is 11.6 Å². The van der Waals surface area contributed by atoms with Crippen LogP contribution in [0.25, 0.3) is 0 Å². The van der Waals surface area contributed by atoms with Crippen molar-refractivity contribution in [3.05, 3.63) is 28.8 Å². The molecule has 3 nitrogen and oxygen atoms in total. The summed E-state index contributed by atoms with van der Waals surface area (Å²) in [6, 6.07) is 5.25. The molecule has 0 bridgehead atoms. The molecule has 0 spiro atoms. The Morgan fingerprint density at radius 1 is 1.50 bits per heavy atom. The molecule has 0 aliphatic rings. The summed E-state index contributed by atoms with van der Waals surface area (Å²) in [5.74, 6) is 0. The van der Waals surface area contributed by atoms with Gasteiger partial charge in [0.05, 0.1) is 10.7 Å². The van der Waals surface area contributed by atoms with Gasteiger partial charge in [-0.15, -0.1) is 0 Å². The number of aryl methyl sites for hydroxylation is 1. The fraction of sp³-hybridized carbons (Fsp3) is 0.300. The Hall–Kier alpha value is -1.22. The van der Waals surface area contributed by atoms with Crippen LogP contribution in [0.3, 0.4) is 0 Å². The summed E-state index contributed by atoms with van der Waals surface area (Å²) in [5.41, 5.74) is 1.69. The molecule has 0 saturated carbocycles. The third-order valence-electron chi connectivity index (χ3n) is 1.71. The van der Waals surface area contributed by atoms with Gasteiger partial charge in [-0.1, -0.05) is 17.7 Å². The first kappa shape index (κ1) is 10.9. The lowest BCUT2D eigenvalue weighted by atomic mass is 10.2. The maximum atomic E-state index is 11.2. The molecular weight excluding hydrogens is 200 g/mol. The number of anilines is 1. The van der Waals surface area contributed by atoms with Crippen LogP contribution in [0.2, 0.25) is 5.02 Å². The quantitative estimate of drug-likeness (QED) is 0.778. The second-order valence-corrected chi connectivity index (χ2v) is 3.37. The van der Waals surface area contributed by atoms with Crippen molar-refractivity contribution in [1.82, 2.24) is 5.32 Å². The Morgan fingerprint density at radius 3 is 2.86 bits per heavy atom. The minimum absolute atomic E-state index is 0.236. The smallest absolute Gasteiger partial charge is 0.319 e. The van der Waals surface area contributed by atoms with Crippen LogP contribution in [-0.4, -0.2) is 12.6 Å². The highest BCUT2D eigenvalue weighted by Gasteiger charge is 2.03. The van der Waals surface area contributed by atoms with Crippen LogP contribution in [-0.2, 0) is 0 Å². The summed E-state index contributed by atoms with van der Waals surface area (Å²) < 4.78 is 0. The Bertz CT molecular complexity index is 339. The van der Waals surface area contributed by atoms with Crippen LogP contribution in [0.4, 0.5) is 10.5 Å². The molecule has 0 heterocycles. The molecule has 76 valence electrons. The van der Waals surface area contributed by atoms with Gasteiger partial charge in [0.15, 0.2) is 0 Å². The van der Waals surface area contributed by atoms with Crippen LogP contribution in [0, 0.1) is 6.92 Å². The highest BCUT2D eigenvalue weighted by atomic mass is 35.5. The average molecular weight is 213 g/mol. The van der Waals surface area contributed by atoms with E-state index in [4.69, 9.17) is 11.6 Å². The maximum Gasteiger partial charge on any atom is 0.319 e. The van der Waals surface area contributed by atoms with Crippen LogP contribution in [0.15, 0.2) is 18.2 Å². The second kappa shape index (κ2) is 4.86. The first-order valence-electron chi connectivity index (χ1n) is 4.44. The molecule has 2 N–H and O–H groups in total. The number of halogens is 1. The highest BCUT2D eigenvalue weighted by Crippen LogP contribution is 2.22. The number of rotatable bonds is 2. The van der Waals surface area contributed by atoms with Crippen molar-refractivity contribution in [1.29, 1.82) is 0 Å². The lowest BCUT2D eigenvalue weighted by Gasteiger charge is -2.08. The van der Waals surface area contributed by atoms with Gasteiger partial charge in [-0.05, 0) is 31.5 Å². The van der Waals surface area contributed by atoms with Crippen molar-refractivity contribution in [3.63, 3.8) is 0 Å². The lowest BCUT2D eigenvalue weighted by molar-refractivity contribution is 0.252. The third-order valence-corrected chi connectivity index (χ3v) is 2.04. The van der Waals surface area contributed by atoms with Crippen molar-refractivity contribution in [2.24, 2.45) is 0 Å². The van der Waals surface area contributed by atoms with Gasteiger partial charge in [0.2, 0.25) is 0 Å². The molecule has 0 aliphatic heterocycles. The van der Waals surface area contributed by atoms with Crippen LogP contribution in [0.5, 0.6) is 0 Å². The summed E-state index contributed by atoms with van der Waals surface area (Å²) in [4.78, 5) is 11.2. The molecule has 1 rings (SSSR count). The first-order valence-corrected chi connectivity index (χ1v) is 4.82. The van der Waals surface area contributed by atoms with Crippen molar-refractivity contribution in [3.8, 4) is 0 Å². The second-order valence-electron chi connectivity index (χ2n) is 2.97. The fourth-order valence-corrected chi connectivity index (χ4v) is 1.23. The fourth-order valence-electron chi connectivity index (χ4n) is 1.06. The van der Waals surface area contributed by atoms with Gasteiger partial charge in [-0.3, -0.25) is 0 Å². The van der Waals surface area contributed by atoms with E-state index < -0.39 is 0 Å². The van der Waals surface area contributed by atoms with E-state index in [0.29, 0.717) is 17.3 Å².